The fourth-order valence-electron chi connectivity index (χ4n) is 11.3. The number of hydrogen-bond donors (Lipinski definition) is 8. The molecule has 27 heteroatoms. The highest BCUT2D eigenvalue weighted by molar-refractivity contribution is 6.02. The van der Waals surface area contributed by atoms with Gasteiger partial charge in [-0.15, -0.1) is 5.06 Å². The van der Waals surface area contributed by atoms with Gasteiger partial charge in [-0.2, -0.15) is 0 Å². The lowest BCUT2D eigenvalue weighted by molar-refractivity contribution is -0.171. The van der Waals surface area contributed by atoms with E-state index in [0.717, 1.165) is 4.90 Å². The summed E-state index contributed by atoms with van der Waals surface area (Å²) in [5.41, 5.74) is 6.65. The number of likely N-dealkylation sites (tertiary alicyclic amines) is 1. The lowest BCUT2D eigenvalue weighted by Crippen LogP contribution is -2.60. The number of hydroxylamine groups is 2. The fraction of sp³-hybridized carbons (Fsp3) is 0.635. The van der Waals surface area contributed by atoms with Gasteiger partial charge in [-0.3, -0.25) is 43.3 Å². The number of aliphatic hydroxyl groups excluding tert-OH is 1. The minimum absolute atomic E-state index is 0.0104. The van der Waals surface area contributed by atoms with Crippen LogP contribution >= 0.6 is 0 Å². The zero-order valence-electron chi connectivity index (χ0n) is 54.6. The molecule has 500 valence electrons. The van der Waals surface area contributed by atoms with E-state index in [1.165, 1.54) is 38.3 Å². The topological polar surface area (TPSA) is 356 Å². The van der Waals surface area contributed by atoms with Crippen molar-refractivity contribution in [3.05, 3.63) is 65.7 Å². The largest absolute Gasteiger partial charge is 0.445 e. The normalized spacial score (nSPS) is 17.8. The maximum atomic E-state index is 14.8. The highest BCUT2D eigenvalue weighted by atomic mass is 16.7. The molecule has 0 aliphatic carbocycles. The number of carbonyl (C=O) groups excluding carboxylic acids is 11. The number of carbonyl (C=O) groups is 11. The number of hydrogen-bond acceptors (Lipinski definition) is 16. The Labute approximate surface area is 528 Å². The van der Waals surface area contributed by atoms with Crippen LogP contribution in [0.3, 0.4) is 0 Å². The van der Waals surface area contributed by atoms with E-state index in [0.29, 0.717) is 42.0 Å². The van der Waals surface area contributed by atoms with Gasteiger partial charge in [-0.1, -0.05) is 111 Å². The van der Waals surface area contributed by atoms with E-state index in [-0.39, 0.29) is 68.7 Å². The number of aliphatic hydroxyl groups is 1. The highest BCUT2D eigenvalue weighted by Crippen LogP contribution is 2.31. The summed E-state index contributed by atoms with van der Waals surface area (Å²) in [6.07, 6.45) is -2.76. The first-order valence-corrected chi connectivity index (χ1v) is 30.9. The van der Waals surface area contributed by atoms with Crippen molar-refractivity contribution in [3.63, 3.8) is 0 Å². The van der Waals surface area contributed by atoms with Crippen LogP contribution in [-0.2, 0) is 64.0 Å². The summed E-state index contributed by atoms with van der Waals surface area (Å²) in [6, 6.07) is 8.14. The standard InChI is InChI=1S/C63H97N11O16/c1-15-38(8)53(46(87-13)33-49(77)73-32-20-24-45(73)55(88-14)39(9)56(79)66-40(10)54(78)42-21-17-16-18-22-42)71(11)60(83)51(36(4)5)69-59(82)52(37(6)7)72(12)63(86)89-34-41-25-27-43(28-26-41)67-57(80)44(23-19-31-65-61(64)84)68-58(81)50(35(2)3)70-62(85)90-74-47(75)29-30-48(74)76/h16-18,21-22,25-28,35-40,44-46,50-55,78H,15,19-20,23-24,29-34H2,1-14H3,(H,66,79)(H,67,80)(H,68,81)(H,69,82)(H,70,85)(H3,64,65,84). The number of urea groups is 1. The van der Waals surface area contributed by atoms with Crippen LogP contribution in [0.5, 0.6) is 0 Å². The first-order valence-electron chi connectivity index (χ1n) is 30.9. The van der Waals surface area contributed by atoms with E-state index in [9.17, 15) is 57.8 Å². The lowest BCUT2D eigenvalue weighted by Gasteiger charge is -2.41. The number of primary amides is 1. The Kier molecular flexibility index (Phi) is 29.4. The molecular formula is C63H97N11O16. The smallest absolute Gasteiger partial charge is 0.432 e. The summed E-state index contributed by atoms with van der Waals surface area (Å²) in [4.78, 5) is 156. The first kappa shape index (κ1) is 74.6. The zero-order chi connectivity index (χ0) is 67.3. The molecule has 9 N–H and O–H groups in total. The number of ether oxygens (including phenoxy) is 3. The fourth-order valence-corrected chi connectivity index (χ4v) is 11.3. The Hall–Kier alpha value is -7.91. The van der Waals surface area contributed by atoms with E-state index in [1.54, 1.807) is 91.6 Å². The van der Waals surface area contributed by atoms with Crippen molar-refractivity contribution in [2.75, 3.05) is 46.7 Å². The molecule has 2 aliphatic rings. The Balaban J connectivity index is 1.40. The molecule has 2 aromatic rings. The molecule has 12 atom stereocenters. The van der Waals surface area contributed by atoms with Gasteiger partial charge in [0.15, 0.2) is 0 Å². The minimum Gasteiger partial charge on any atom is -0.445 e. The van der Waals surface area contributed by atoms with Crippen LogP contribution in [-0.4, -0.2) is 186 Å². The van der Waals surface area contributed by atoms with Crippen molar-refractivity contribution in [3.8, 4) is 0 Å². The van der Waals surface area contributed by atoms with Crippen molar-refractivity contribution in [1.82, 2.24) is 46.3 Å². The molecule has 2 fully saturated rings. The number of nitrogens with two attached hydrogens (primary N) is 1. The number of rotatable bonds is 33. The Morgan fingerprint density at radius 3 is 1.91 bits per heavy atom. The van der Waals surface area contributed by atoms with Crippen molar-refractivity contribution in [2.45, 2.75) is 188 Å². The zero-order valence-corrected chi connectivity index (χ0v) is 54.6. The summed E-state index contributed by atoms with van der Waals surface area (Å²) in [6.45, 7) is 18.0. The van der Waals surface area contributed by atoms with Gasteiger partial charge in [0.05, 0.1) is 48.8 Å². The van der Waals surface area contributed by atoms with Crippen LogP contribution in [0.25, 0.3) is 0 Å². The van der Waals surface area contributed by atoms with Gasteiger partial charge < -0.3 is 71.6 Å². The maximum Gasteiger partial charge on any atom is 0.432 e. The maximum absolute atomic E-state index is 14.8. The minimum atomic E-state index is -1.27. The highest BCUT2D eigenvalue weighted by Gasteiger charge is 2.44. The van der Waals surface area contributed by atoms with Gasteiger partial charge >= 0.3 is 18.2 Å². The molecule has 0 saturated carbocycles. The van der Waals surface area contributed by atoms with Gasteiger partial charge in [0.25, 0.3) is 11.8 Å². The number of anilines is 1. The molecule has 90 heavy (non-hydrogen) atoms. The van der Waals surface area contributed by atoms with E-state index in [2.05, 4.69) is 31.9 Å². The van der Waals surface area contributed by atoms with E-state index >= 15 is 0 Å². The SMILES string of the molecule is CCC(C)C(C(CC(=O)N1CCCC1C(OC)C(C)C(=O)NC(C)C(O)c1ccccc1)OC)N(C)C(=O)C(NC(=O)C(C(C)C)N(C)C(=O)OCc1ccc(NC(=O)C(CCCNC(N)=O)NC(=O)C(NC(=O)ON2C(=O)CCC2=O)C(C)C)cc1)C(C)C. The quantitative estimate of drug-likeness (QED) is 0.0365. The van der Waals surface area contributed by atoms with Gasteiger partial charge in [0, 0.05) is 59.9 Å². The summed E-state index contributed by atoms with van der Waals surface area (Å²) in [5, 5.41) is 27.3. The lowest BCUT2D eigenvalue weighted by atomic mass is 9.89. The van der Waals surface area contributed by atoms with Gasteiger partial charge in [-0.25, -0.2) is 14.4 Å². The second-order valence-electron chi connectivity index (χ2n) is 24.3. The number of methoxy groups -OCH3 is 2. The molecule has 0 bridgehead atoms. The monoisotopic (exact) mass is 1260 g/mol. The number of nitrogens with zero attached hydrogens (tertiary/aromatic N) is 4. The summed E-state index contributed by atoms with van der Waals surface area (Å²) in [7, 11) is 6.04. The Morgan fingerprint density at radius 1 is 0.733 bits per heavy atom. The third-order valence-corrected chi connectivity index (χ3v) is 16.7. The van der Waals surface area contributed by atoms with Crippen molar-refractivity contribution in [2.24, 2.45) is 35.3 Å². The number of likely N-dealkylation sites (N-methyl/N-ethyl adjacent to an activating group) is 2. The van der Waals surface area contributed by atoms with E-state index in [4.69, 9.17) is 24.8 Å². The third kappa shape index (κ3) is 20.8. The van der Waals surface area contributed by atoms with Crippen LogP contribution in [0, 0.1) is 29.6 Å². The molecule has 2 aliphatic heterocycles. The van der Waals surface area contributed by atoms with Crippen LogP contribution in [0.15, 0.2) is 54.6 Å². The van der Waals surface area contributed by atoms with Crippen LogP contribution in [0.2, 0.25) is 0 Å². The average molecular weight is 1260 g/mol. The average Bonchev–Trinajstić information content (AvgIpc) is 1.54. The summed E-state index contributed by atoms with van der Waals surface area (Å²) in [5.74, 6) is -6.80. The molecule has 0 aromatic heterocycles. The molecule has 4 rings (SSSR count). The predicted octanol–water partition coefficient (Wildman–Crippen LogP) is 4.27. The van der Waals surface area contributed by atoms with E-state index < -0.39 is 138 Å². The Morgan fingerprint density at radius 2 is 1.36 bits per heavy atom. The van der Waals surface area contributed by atoms with Gasteiger partial charge in [0.1, 0.15) is 30.8 Å². The molecule has 0 spiro atoms. The number of imide groups is 1. The molecular weight excluding hydrogens is 1170 g/mol. The molecule has 12 amide bonds. The third-order valence-electron chi connectivity index (χ3n) is 16.7. The van der Waals surface area contributed by atoms with Gasteiger partial charge in [0.2, 0.25) is 35.4 Å². The van der Waals surface area contributed by atoms with E-state index in [1.807, 2.05) is 32.0 Å². The second kappa shape index (κ2) is 35.5. The molecule has 2 heterocycles. The van der Waals surface area contributed by atoms with Crippen molar-refractivity contribution in [1.29, 1.82) is 0 Å². The number of nitrogens with one attached hydrogen (secondary N) is 6. The van der Waals surface area contributed by atoms with Crippen LogP contribution in [0.4, 0.5) is 20.1 Å². The van der Waals surface area contributed by atoms with Crippen molar-refractivity contribution < 1.29 is 76.9 Å². The molecule has 0 radical (unpaired) electrons. The number of amides is 12. The summed E-state index contributed by atoms with van der Waals surface area (Å²) >= 11 is 0. The summed E-state index contributed by atoms with van der Waals surface area (Å²) < 4.78 is 17.7. The molecule has 12 unspecified atom stereocenters. The molecule has 27 nitrogen and oxygen atoms in total. The Bertz CT molecular complexity index is 2760. The predicted molar refractivity (Wildman–Crippen MR) is 332 cm³/mol. The molecule has 2 saturated heterocycles. The molecule has 2 aromatic carbocycles. The number of benzene rings is 2. The first-order chi connectivity index (χ1) is 42.5. The van der Waals surface area contributed by atoms with Crippen LogP contribution in [0.1, 0.15) is 138 Å². The second-order valence-corrected chi connectivity index (χ2v) is 24.3. The van der Waals surface area contributed by atoms with Crippen molar-refractivity contribution >= 4 is 71.2 Å². The van der Waals surface area contributed by atoms with Gasteiger partial charge in [-0.05, 0) is 79.5 Å². The van der Waals surface area contributed by atoms with Crippen LogP contribution < -0.4 is 37.6 Å².